The number of nitrogens with zero attached hydrogens (tertiary/aromatic N) is 2. The number of benzene rings is 1. The van der Waals surface area contributed by atoms with Gasteiger partial charge in [0.05, 0.1) is 11.4 Å². The van der Waals surface area contributed by atoms with Gasteiger partial charge in [-0.15, -0.1) is 0 Å². The van der Waals surface area contributed by atoms with Crippen molar-refractivity contribution in [3.8, 4) is 5.69 Å². The van der Waals surface area contributed by atoms with Crippen LogP contribution in [0.25, 0.3) is 5.69 Å². The molecule has 96 valence electrons. The first-order chi connectivity index (χ1) is 8.56. The van der Waals surface area contributed by atoms with Gasteiger partial charge in [0.15, 0.2) is 0 Å². The van der Waals surface area contributed by atoms with Gasteiger partial charge in [0.1, 0.15) is 0 Å². The first-order valence-electron chi connectivity index (χ1n) is 6.42. The van der Waals surface area contributed by atoms with E-state index in [1.807, 2.05) is 11.6 Å². The highest BCUT2D eigenvalue weighted by Gasteiger charge is 2.04. The fraction of sp³-hybridized carbons (Fsp3) is 0.400. The van der Waals surface area contributed by atoms with Crippen LogP contribution < -0.4 is 5.32 Å². The van der Waals surface area contributed by atoms with Crippen LogP contribution in [-0.2, 0) is 6.54 Å². The largest absolute Gasteiger partial charge is 0.310 e. The Bertz CT molecular complexity index is 526. The van der Waals surface area contributed by atoms with Crippen LogP contribution in [0.3, 0.4) is 0 Å². The van der Waals surface area contributed by atoms with E-state index >= 15 is 0 Å². The molecule has 0 saturated carbocycles. The summed E-state index contributed by atoms with van der Waals surface area (Å²) in [6.45, 7) is 9.31. The minimum atomic E-state index is 0.502. The van der Waals surface area contributed by atoms with Gasteiger partial charge in [0.2, 0.25) is 0 Å². The highest BCUT2D eigenvalue weighted by molar-refractivity contribution is 5.37. The molecule has 2 rings (SSSR count). The Morgan fingerprint density at radius 1 is 1.22 bits per heavy atom. The van der Waals surface area contributed by atoms with Crippen LogP contribution >= 0.6 is 0 Å². The predicted octanol–water partition coefficient (Wildman–Crippen LogP) is 2.99. The third-order valence-corrected chi connectivity index (χ3v) is 2.88. The molecular formula is C15H21N3. The van der Waals surface area contributed by atoms with Crippen molar-refractivity contribution in [1.82, 2.24) is 15.1 Å². The van der Waals surface area contributed by atoms with Crippen LogP contribution in [0.1, 0.15) is 30.8 Å². The second-order valence-electron chi connectivity index (χ2n) is 5.04. The number of rotatable bonds is 4. The van der Waals surface area contributed by atoms with E-state index in [-0.39, 0.29) is 0 Å². The molecule has 1 aromatic heterocycles. The van der Waals surface area contributed by atoms with Crippen molar-refractivity contribution < 1.29 is 0 Å². The molecule has 0 atom stereocenters. The fourth-order valence-corrected chi connectivity index (χ4v) is 2.01. The monoisotopic (exact) mass is 243 g/mol. The summed E-state index contributed by atoms with van der Waals surface area (Å²) in [5.41, 5.74) is 4.64. The summed E-state index contributed by atoms with van der Waals surface area (Å²) in [5, 5.41) is 7.94. The summed E-state index contributed by atoms with van der Waals surface area (Å²) in [6, 6.07) is 11.1. The van der Waals surface area contributed by atoms with E-state index in [4.69, 9.17) is 0 Å². The van der Waals surface area contributed by atoms with Gasteiger partial charge in [-0.05, 0) is 37.6 Å². The Kier molecular flexibility index (Phi) is 3.82. The maximum Gasteiger partial charge on any atom is 0.0651 e. The molecular weight excluding hydrogens is 222 g/mol. The third-order valence-electron chi connectivity index (χ3n) is 2.88. The molecule has 1 aromatic carbocycles. The van der Waals surface area contributed by atoms with E-state index in [2.05, 4.69) is 61.5 Å². The van der Waals surface area contributed by atoms with Gasteiger partial charge in [-0.25, -0.2) is 4.68 Å². The minimum absolute atomic E-state index is 0.502. The Labute approximate surface area is 109 Å². The lowest BCUT2D eigenvalue weighted by molar-refractivity contribution is 0.588. The standard InChI is InChI=1S/C15H21N3/c1-11(2)16-10-14-6-5-7-15(9-14)18-13(4)8-12(3)17-18/h5-9,11,16H,10H2,1-4H3. The van der Waals surface area contributed by atoms with Gasteiger partial charge in [-0.1, -0.05) is 26.0 Å². The number of hydrogen-bond donors (Lipinski definition) is 1. The Morgan fingerprint density at radius 3 is 2.61 bits per heavy atom. The molecule has 0 fully saturated rings. The fourth-order valence-electron chi connectivity index (χ4n) is 2.01. The molecule has 0 unspecified atom stereocenters. The summed E-state index contributed by atoms with van der Waals surface area (Å²) in [6.07, 6.45) is 0. The number of aryl methyl sites for hydroxylation is 2. The predicted molar refractivity (Wildman–Crippen MR) is 75.0 cm³/mol. The summed E-state index contributed by atoms with van der Waals surface area (Å²) in [4.78, 5) is 0. The van der Waals surface area contributed by atoms with Crippen molar-refractivity contribution in [3.05, 3.63) is 47.3 Å². The molecule has 0 amide bonds. The summed E-state index contributed by atoms with van der Waals surface area (Å²) >= 11 is 0. The van der Waals surface area contributed by atoms with Crippen molar-refractivity contribution >= 4 is 0 Å². The zero-order valence-electron chi connectivity index (χ0n) is 11.6. The van der Waals surface area contributed by atoms with Gasteiger partial charge >= 0.3 is 0 Å². The maximum atomic E-state index is 4.51. The molecule has 18 heavy (non-hydrogen) atoms. The molecule has 0 saturated heterocycles. The molecule has 1 heterocycles. The zero-order valence-corrected chi connectivity index (χ0v) is 11.6. The Balaban J connectivity index is 2.24. The van der Waals surface area contributed by atoms with E-state index in [1.165, 1.54) is 11.3 Å². The second kappa shape index (κ2) is 5.36. The van der Waals surface area contributed by atoms with Crippen molar-refractivity contribution in [1.29, 1.82) is 0 Å². The van der Waals surface area contributed by atoms with Crippen molar-refractivity contribution in [2.45, 2.75) is 40.3 Å². The molecule has 0 spiro atoms. The molecule has 0 radical (unpaired) electrons. The summed E-state index contributed by atoms with van der Waals surface area (Å²) < 4.78 is 1.99. The molecule has 0 aliphatic heterocycles. The maximum absolute atomic E-state index is 4.51. The average Bonchev–Trinajstić information content (AvgIpc) is 2.66. The molecule has 0 bridgehead atoms. The van der Waals surface area contributed by atoms with E-state index in [0.717, 1.165) is 17.9 Å². The summed E-state index contributed by atoms with van der Waals surface area (Å²) in [7, 11) is 0. The van der Waals surface area contributed by atoms with Crippen molar-refractivity contribution in [2.75, 3.05) is 0 Å². The topological polar surface area (TPSA) is 29.9 Å². The van der Waals surface area contributed by atoms with E-state index in [9.17, 15) is 0 Å². The number of hydrogen-bond acceptors (Lipinski definition) is 2. The Hall–Kier alpha value is -1.61. The SMILES string of the molecule is Cc1cc(C)n(-c2cccc(CNC(C)C)c2)n1. The molecule has 1 N–H and O–H groups in total. The van der Waals surface area contributed by atoms with Crippen LogP contribution in [0, 0.1) is 13.8 Å². The average molecular weight is 243 g/mol. The van der Waals surface area contributed by atoms with Crippen LogP contribution in [0.4, 0.5) is 0 Å². The Morgan fingerprint density at radius 2 is 2.00 bits per heavy atom. The number of nitrogens with one attached hydrogen (secondary N) is 1. The third kappa shape index (κ3) is 2.99. The highest BCUT2D eigenvalue weighted by atomic mass is 15.3. The van der Waals surface area contributed by atoms with Gasteiger partial charge in [-0.2, -0.15) is 5.10 Å². The zero-order chi connectivity index (χ0) is 13.1. The first-order valence-corrected chi connectivity index (χ1v) is 6.42. The van der Waals surface area contributed by atoms with E-state index in [0.29, 0.717) is 6.04 Å². The molecule has 3 nitrogen and oxygen atoms in total. The first kappa shape index (κ1) is 12.8. The van der Waals surface area contributed by atoms with Crippen LogP contribution in [-0.4, -0.2) is 15.8 Å². The van der Waals surface area contributed by atoms with Crippen LogP contribution in [0.5, 0.6) is 0 Å². The second-order valence-corrected chi connectivity index (χ2v) is 5.04. The number of aromatic nitrogens is 2. The van der Waals surface area contributed by atoms with Gasteiger partial charge < -0.3 is 5.32 Å². The smallest absolute Gasteiger partial charge is 0.0651 e. The normalized spacial score (nSPS) is 11.2. The van der Waals surface area contributed by atoms with Crippen molar-refractivity contribution in [3.63, 3.8) is 0 Å². The lowest BCUT2D eigenvalue weighted by Gasteiger charge is -2.10. The highest BCUT2D eigenvalue weighted by Crippen LogP contribution is 2.13. The summed E-state index contributed by atoms with van der Waals surface area (Å²) in [5.74, 6) is 0. The molecule has 3 heteroatoms. The molecule has 2 aromatic rings. The molecule has 0 aliphatic rings. The lowest BCUT2D eigenvalue weighted by Crippen LogP contribution is -2.21. The van der Waals surface area contributed by atoms with Gasteiger partial charge in [0, 0.05) is 18.3 Å². The van der Waals surface area contributed by atoms with E-state index in [1.54, 1.807) is 0 Å². The minimum Gasteiger partial charge on any atom is -0.310 e. The van der Waals surface area contributed by atoms with Crippen LogP contribution in [0.2, 0.25) is 0 Å². The van der Waals surface area contributed by atoms with E-state index < -0.39 is 0 Å². The lowest BCUT2D eigenvalue weighted by atomic mass is 10.2. The van der Waals surface area contributed by atoms with Crippen molar-refractivity contribution in [2.24, 2.45) is 0 Å². The quantitative estimate of drug-likeness (QED) is 0.894. The molecule has 0 aliphatic carbocycles. The van der Waals surface area contributed by atoms with Crippen LogP contribution in [0.15, 0.2) is 30.3 Å². The van der Waals surface area contributed by atoms with Gasteiger partial charge in [-0.3, -0.25) is 0 Å². The van der Waals surface area contributed by atoms with Gasteiger partial charge in [0.25, 0.3) is 0 Å².